The van der Waals surface area contributed by atoms with E-state index in [1.54, 1.807) is 37.3 Å². The molecule has 0 unspecified atom stereocenters. The van der Waals surface area contributed by atoms with Gasteiger partial charge in [-0.05, 0) is 49.4 Å². The van der Waals surface area contributed by atoms with Crippen molar-refractivity contribution in [3.63, 3.8) is 0 Å². The third-order valence-electron chi connectivity index (χ3n) is 3.33. The van der Waals surface area contributed by atoms with E-state index in [-0.39, 0.29) is 11.7 Å². The summed E-state index contributed by atoms with van der Waals surface area (Å²) in [5, 5.41) is 7.77. The second-order valence-electron chi connectivity index (χ2n) is 5.14. The highest BCUT2D eigenvalue weighted by atomic mass is 35.5. The van der Waals surface area contributed by atoms with Gasteiger partial charge in [-0.15, -0.1) is 0 Å². The van der Waals surface area contributed by atoms with Crippen molar-refractivity contribution >= 4 is 34.9 Å². The second kappa shape index (κ2) is 6.63. The maximum absolute atomic E-state index is 13.1. The molecule has 0 saturated carbocycles. The summed E-state index contributed by atoms with van der Waals surface area (Å²) in [4.78, 5) is 12.4. The molecule has 4 nitrogen and oxygen atoms in total. The van der Waals surface area contributed by atoms with E-state index >= 15 is 0 Å². The van der Waals surface area contributed by atoms with Crippen molar-refractivity contribution in [3.8, 4) is 5.69 Å². The monoisotopic (exact) mass is 363 g/mol. The molecule has 1 amide bonds. The molecule has 3 rings (SSSR count). The smallest absolute Gasteiger partial charge is 0.256 e. The summed E-state index contributed by atoms with van der Waals surface area (Å²) in [6.07, 6.45) is 0. The highest BCUT2D eigenvalue weighted by Gasteiger charge is 2.13. The quantitative estimate of drug-likeness (QED) is 0.720. The Morgan fingerprint density at radius 1 is 1.08 bits per heavy atom. The van der Waals surface area contributed by atoms with E-state index in [0.29, 0.717) is 32.8 Å². The predicted molar refractivity (Wildman–Crippen MR) is 92.7 cm³/mol. The second-order valence-corrected chi connectivity index (χ2v) is 5.96. The van der Waals surface area contributed by atoms with E-state index < -0.39 is 0 Å². The number of carbonyl (C=O) groups excluding carboxylic acids is 1. The summed E-state index contributed by atoms with van der Waals surface area (Å²) in [7, 11) is 0. The number of amides is 1. The van der Waals surface area contributed by atoms with Gasteiger partial charge in [-0.1, -0.05) is 23.2 Å². The average Bonchev–Trinajstić information content (AvgIpc) is 2.91. The lowest BCUT2D eigenvalue weighted by molar-refractivity contribution is 0.102. The van der Waals surface area contributed by atoms with Gasteiger partial charge in [0.1, 0.15) is 11.6 Å². The standard InChI is InChI=1S/C17H12Cl2FN3O/c1-10-8-16(23(22-10)13-5-3-12(20)4-6-13)21-17(24)11-2-7-14(18)15(19)9-11/h2-9H,1H3,(H,21,24). The first-order valence-electron chi connectivity index (χ1n) is 7.03. The zero-order valence-electron chi connectivity index (χ0n) is 12.6. The van der Waals surface area contributed by atoms with Gasteiger partial charge in [-0.3, -0.25) is 4.79 Å². The van der Waals surface area contributed by atoms with E-state index in [9.17, 15) is 9.18 Å². The van der Waals surface area contributed by atoms with Crippen LogP contribution in [0.5, 0.6) is 0 Å². The number of aryl methyl sites for hydroxylation is 1. The Kier molecular flexibility index (Phi) is 4.55. The van der Waals surface area contributed by atoms with Crippen molar-refractivity contribution in [2.24, 2.45) is 0 Å². The first-order chi connectivity index (χ1) is 11.4. The minimum atomic E-state index is -0.350. The number of anilines is 1. The van der Waals surface area contributed by atoms with E-state index in [1.165, 1.54) is 22.9 Å². The maximum atomic E-state index is 13.1. The third kappa shape index (κ3) is 3.42. The van der Waals surface area contributed by atoms with Crippen LogP contribution >= 0.6 is 23.2 Å². The van der Waals surface area contributed by atoms with Gasteiger partial charge in [0.05, 0.1) is 21.4 Å². The SMILES string of the molecule is Cc1cc(NC(=O)c2ccc(Cl)c(Cl)c2)n(-c2ccc(F)cc2)n1. The lowest BCUT2D eigenvalue weighted by atomic mass is 10.2. The van der Waals surface area contributed by atoms with Gasteiger partial charge in [0, 0.05) is 11.6 Å². The number of rotatable bonds is 3. The summed E-state index contributed by atoms with van der Waals surface area (Å²) >= 11 is 11.8. The van der Waals surface area contributed by atoms with Crippen LogP contribution in [-0.2, 0) is 0 Å². The molecule has 0 aliphatic heterocycles. The summed E-state index contributed by atoms with van der Waals surface area (Å²) in [6, 6.07) is 12.2. The first kappa shape index (κ1) is 16.5. The van der Waals surface area contributed by atoms with Crippen LogP contribution < -0.4 is 5.32 Å². The number of halogens is 3. The van der Waals surface area contributed by atoms with Gasteiger partial charge in [-0.25, -0.2) is 9.07 Å². The number of carbonyl (C=O) groups is 1. The van der Waals surface area contributed by atoms with Crippen molar-refractivity contribution < 1.29 is 9.18 Å². The molecule has 0 spiro atoms. The van der Waals surface area contributed by atoms with Gasteiger partial charge in [0.15, 0.2) is 0 Å². The molecule has 122 valence electrons. The van der Waals surface area contributed by atoms with Crippen LogP contribution in [0, 0.1) is 12.7 Å². The fourth-order valence-electron chi connectivity index (χ4n) is 2.19. The van der Waals surface area contributed by atoms with Gasteiger partial charge in [0.25, 0.3) is 5.91 Å². The molecular weight excluding hydrogens is 352 g/mol. The van der Waals surface area contributed by atoms with E-state index in [2.05, 4.69) is 10.4 Å². The zero-order chi connectivity index (χ0) is 17.3. The van der Waals surface area contributed by atoms with Gasteiger partial charge in [0.2, 0.25) is 0 Å². The topological polar surface area (TPSA) is 46.9 Å². The molecule has 0 radical (unpaired) electrons. The summed E-state index contributed by atoms with van der Waals surface area (Å²) in [5.74, 6) is -0.226. The van der Waals surface area contributed by atoms with Crippen molar-refractivity contribution in [3.05, 3.63) is 75.7 Å². The fraction of sp³-hybridized carbons (Fsp3) is 0.0588. The minimum Gasteiger partial charge on any atom is -0.306 e. The molecule has 3 aromatic rings. The molecule has 2 aromatic carbocycles. The molecule has 0 aliphatic carbocycles. The van der Waals surface area contributed by atoms with Crippen molar-refractivity contribution in [1.29, 1.82) is 0 Å². The van der Waals surface area contributed by atoms with Crippen LogP contribution in [0.15, 0.2) is 48.5 Å². The highest BCUT2D eigenvalue weighted by Crippen LogP contribution is 2.24. The van der Waals surface area contributed by atoms with Crippen LogP contribution in [0.3, 0.4) is 0 Å². The number of benzene rings is 2. The molecule has 24 heavy (non-hydrogen) atoms. The van der Waals surface area contributed by atoms with Gasteiger partial charge < -0.3 is 5.32 Å². The Bertz CT molecular complexity index is 907. The molecule has 0 aliphatic rings. The largest absolute Gasteiger partial charge is 0.306 e. The summed E-state index contributed by atoms with van der Waals surface area (Å²) < 4.78 is 14.6. The van der Waals surface area contributed by atoms with Gasteiger partial charge in [-0.2, -0.15) is 5.10 Å². The number of nitrogens with one attached hydrogen (secondary N) is 1. The van der Waals surface area contributed by atoms with Crippen molar-refractivity contribution in [2.75, 3.05) is 5.32 Å². The van der Waals surface area contributed by atoms with Crippen LogP contribution in [0.4, 0.5) is 10.2 Å². The molecule has 1 N–H and O–H groups in total. The first-order valence-corrected chi connectivity index (χ1v) is 7.78. The molecule has 7 heteroatoms. The van der Waals surface area contributed by atoms with Crippen LogP contribution in [0.1, 0.15) is 16.1 Å². The van der Waals surface area contributed by atoms with Gasteiger partial charge >= 0.3 is 0 Å². The Balaban J connectivity index is 1.91. The van der Waals surface area contributed by atoms with Crippen LogP contribution in [0.2, 0.25) is 10.0 Å². The Morgan fingerprint density at radius 3 is 2.46 bits per heavy atom. The number of nitrogens with zero attached hydrogens (tertiary/aromatic N) is 2. The predicted octanol–water partition coefficient (Wildman–Crippen LogP) is 4.88. The van der Waals surface area contributed by atoms with E-state index in [0.717, 1.165) is 0 Å². The maximum Gasteiger partial charge on any atom is 0.256 e. The molecule has 0 bridgehead atoms. The number of hydrogen-bond donors (Lipinski definition) is 1. The lowest BCUT2D eigenvalue weighted by Gasteiger charge is -2.09. The molecular formula is C17H12Cl2FN3O. The Hall–Kier alpha value is -2.37. The average molecular weight is 364 g/mol. The fourth-order valence-corrected chi connectivity index (χ4v) is 2.49. The molecule has 0 saturated heterocycles. The van der Waals surface area contributed by atoms with E-state index in [4.69, 9.17) is 23.2 Å². The minimum absolute atomic E-state index is 0.299. The summed E-state index contributed by atoms with van der Waals surface area (Å²) in [5.41, 5.74) is 1.71. The normalized spacial score (nSPS) is 10.7. The Labute approximate surface area is 147 Å². The van der Waals surface area contributed by atoms with Crippen molar-refractivity contribution in [2.45, 2.75) is 6.92 Å². The third-order valence-corrected chi connectivity index (χ3v) is 4.07. The zero-order valence-corrected chi connectivity index (χ0v) is 14.1. The number of aromatic nitrogens is 2. The molecule has 1 aromatic heterocycles. The van der Waals surface area contributed by atoms with E-state index in [1.807, 2.05) is 0 Å². The van der Waals surface area contributed by atoms with Crippen LogP contribution in [-0.4, -0.2) is 15.7 Å². The number of hydrogen-bond acceptors (Lipinski definition) is 2. The summed E-state index contributed by atoms with van der Waals surface area (Å²) in [6.45, 7) is 1.80. The van der Waals surface area contributed by atoms with Crippen LogP contribution in [0.25, 0.3) is 5.69 Å². The molecule has 0 atom stereocenters. The molecule has 1 heterocycles. The lowest BCUT2D eigenvalue weighted by Crippen LogP contribution is -2.15. The molecule has 0 fully saturated rings. The highest BCUT2D eigenvalue weighted by molar-refractivity contribution is 6.42. The van der Waals surface area contributed by atoms with Crippen molar-refractivity contribution in [1.82, 2.24) is 9.78 Å². The Morgan fingerprint density at radius 2 is 1.79 bits per heavy atom.